The number of morpholine rings is 1. The van der Waals surface area contributed by atoms with Crippen LogP contribution in [0.15, 0.2) is 36.1 Å². The number of thiazole rings is 1. The first-order valence-corrected chi connectivity index (χ1v) is 9.15. The molecule has 7 nitrogen and oxygen atoms in total. The van der Waals surface area contributed by atoms with E-state index in [1.54, 1.807) is 28.6 Å². The molecule has 0 radical (unpaired) electrons. The van der Waals surface area contributed by atoms with Gasteiger partial charge in [0.1, 0.15) is 17.2 Å². The van der Waals surface area contributed by atoms with E-state index in [9.17, 15) is 4.79 Å². The fraction of sp³-hybridized carbons (Fsp3) is 0.471. The molecule has 4 rings (SSSR count). The number of anilines is 1. The number of hydrogen-bond donors (Lipinski definition) is 0. The predicted octanol–water partition coefficient (Wildman–Crippen LogP) is 1.17. The van der Waals surface area contributed by atoms with Crippen molar-refractivity contribution >= 4 is 22.9 Å². The Bertz CT molecular complexity index is 712. The van der Waals surface area contributed by atoms with E-state index in [1.165, 1.54) is 0 Å². The van der Waals surface area contributed by atoms with Gasteiger partial charge in [0.05, 0.1) is 38.2 Å². The van der Waals surface area contributed by atoms with Gasteiger partial charge in [-0.2, -0.15) is 0 Å². The van der Waals surface area contributed by atoms with Gasteiger partial charge in [0.25, 0.3) is 5.91 Å². The van der Waals surface area contributed by atoms with E-state index in [2.05, 4.69) is 14.9 Å². The molecule has 0 bridgehead atoms. The molecule has 2 saturated heterocycles. The number of carbonyl (C=O) groups is 1. The zero-order chi connectivity index (χ0) is 17.1. The summed E-state index contributed by atoms with van der Waals surface area (Å²) in [7, 11) is 0. The summed E-state index contributed by atoms with van der Waals surface area (Å²) >= 11 is 1.65. The molecule has 132 valence electrons. The number of aromatic nitrogens is 2. The molecule has 2 aromatic heterocycles. The Hall–Kier alpha value is -1.87. The lowest BCUT2D eigenvalue weighted by Crippen LogP contribution is -2.60. The summed E-state index contributed by atoms with van der Waals surface area (Å²) in [5, 5.41) is 3.06. The normalized spacial score (nSPS) is 25.3. The first-order chi connectivity index (χ1) is 12.2. The summed E-state index contributed by atoms with van der Waals surface area (Å²) in [4.78, 5) is 24.9. The second kappa shape index (κ2) is 7.17. The molecule has 0 aliphatic carbocycles. The maximum Gasteiger partial charge on any atom is 0.253 e. The predicted molar refractivity (Wildman–Crippen MR) is 93.5 cm³/mol. The lowest BCUT2D eigenvalue weighted by atomic mass is 10.0. The van der Waals surface area contributed by atoms with Gasteiger partial charge in [0, 0.05) is 30.9 Å². The second-order valence-corrected chi connectivity index (χ2v) is 7.33. The lowest BCUT2D eigenvalue weighted by Gasteiger charge is -2.42. The molecule has 0 saturated carbocycles. The van der Waals surface area contributed by atoms with Gasteiger partial charge in [-0.15, -0.1) is 11.3 Å². The molecule has 2 aliphatic heterocycles. The van der Waals surface area contributed by atoms with Crippen LogP contribution in [0.2, 0.25) is 0 Å². The highest BCUT2D eigenvalue weighted by molar-refractivity contribution is 7.09. The number of nitrogens with zero attached hydrogens (tertiary/aromatic N) is 4. The molecule has 1 amide bonds. The van der Waals surface area contributed by atoms with Crippen LogP contribution in [-0.4, -0.2) is 65.8 Å². The highest BCUT2D eigenvalue weighted by Gasteiger charge is 2.43. The molecule has 2 aromatic rings. The Morgan fingerprint density at radius 1 is 1.32 bits per heavy atom. The molecule has 4 heterocycles. The molecule has 25 heavy (non-hydrogen) atoms. The fourth-order valence-electron chi connectivity index (χ4n) is 3.29. The van der Waals surface area contributed by atoms with Crippen molar-refractivity contribution in [1.82, 2.24) is 14.9 Å². The summed E-state index contributed by atoms with van der Waals surface area (Å²) < 4.78 is 11.8. The SMILES string of the molecule is O=C1CO[C@@]2(COCCN(Cc3nccs3)C2)CN1c1cccnc1. The topological polar surface area (TPSA) is 67.8 Å². The molecule has 1 atom stereocenters. The van der Waals surface area contributed by atoms with Gasteiger partial charge in [-0.1, -0.05) is 0 Å². The first kappa shape index (κ1) is 16.6. The number of hydrogen-bond acceptors (Lipinski definition) is 7. The Kier molecular flexibility index (Phi) is 4.76. The molecule has 2 fully saturated rings. The largest absolute Gasteiger partial charge is 0.377 e. The Morgan fingerprint density at radius 3 is 3.08 bits per heavy atom. The Morgan fingerprint density at radius 2 is 2.28 bits per heavy atom. The van der Waals surface area contributed by atoms with Crippen LogP contribution >= 0.6 is 11.3 Å². The molecule has 0 N–H and O–H groups in total. The monoisotopic (exact) mass is 360 g/mol. The third-order valence-electron chi connectivity index (χ3n) is 4.48. The number of amides is 1. The van der Waals surface area contributed by atoms with Crippen molar-refractivity contribution in [2.45, 2.75) is 12.1 Å². The minimum atomic E-state index is -0.530. The summed E-state index contributed by atoms with van der Waals surface area (Å²) in [6.07, 6.45) is 5.24. The molecule has 2 aliphatic rings. The highest BCUT2D eigenvalue weighted by atomic mass is 32.1. The van der Waals surface area contributed by atoms with Crippen molar-refractivity contribution in [3.8, 4) is 0 Å². The average Bonchev–Trinajstić information content (AvgIpc) is 3.07. The number of rotatable bonds is 3. The summed E-state index contributed by atoms with van der Waals surface area (Å²) in [5.74, 6) is -0.0469. The van der Waals surface area contributed by atoms with Gasteiger partial charge in [-0.3, -0.25) is 14.7 Å². The quantitative estimate of drug-likeness (QED) is 0.819. The van der Waals surface area contributed by atoms with Gasteiger partial charge in [-0.25, -0.2) is 4.98 Å². The van der Waals surface area contributed by atoms with Crippen LogP contribution in [0, 0.1) is 0 Å². The molecule has 0 aromatic carbocycles. The van der Waals surface area contributed by atoms with E-state index in [0.717, 1.165) is 23.8 Å². The van der Waals surface area contributed by atoms with E-state index >= 15 is 0 Å². The zero-order valence-corrected chi connectivity index (χ0v) is 14.7. The third kappa shape index (κ3) is 3.72. The van der Waals surface area contributed by atoms with E-state index in [0.29, 0.717) is 26.3 Å². The third-order valence-corrected chi connectivity index (χ3v) is 5.24. The standard InChI is InChI=1S/C17H20N4O3S/c22-16-10-24-17(12-21(16)14-2-1-3-18-8-14)11-20(5-6-23-13-17)9-15-19-4-7-25-15/h1-4,7-8H,5-6,9-13H2/t17-/m1/s1. The van der Waals surface area contributed by atoms with Crippen LogP contribution in [0.4, 0.5) is 5.69 Å². The van der Waals surface area contributed by atoms with Crippen molar-refractivity contribution in [3.05, 3.63) is 41.1 Å². The van der Waals surface area contributed by atoms with Crippen LogP contribution in [0.1, 0.15) is 5.01 Å². The first-order valence-electron chi connectivity index (χ1n) is 8.27. The van der Waals surface area contributed by atoms with Gasteiger partial charge >= 0.3 is 0 Å². The lowest BCUT2D eigenvalue weighted by molar-refractivity contribution is -0.146. The summed E-state index contributed by atoms with van der Waals surface area (Å²) in [5.41, 5.74) is 0.267. The van der Waals surface area contributed by atoms with Crippen molar-refractivity contribution in [2.75, 3.05) is 44.4 Å². The van der Waals surface area contributed by atoms with E-state index < -0.39 is 5.60 Å². The number of ether oxygens (including phenoxy) is 2. The van der Waals surface area contributed by atoms with Gasteiger partial charge in [0.2, 0.25) is 0 Å². The van der Waals surface area contributed by atoms with Crippen LogP contribution < -0.4 is 4.90 Å². The van der Waals surface area contributed by atoms with Gasteiger partial charge in [-0.05, 0) is 12.1 Å². The second-order valence-electron chi connectivity index (χ2n) is 6.35. The fourth-order valence-corrected chi connectivity index (χ4v) is 3.95. The van der Waals surface area contributed by atoms with Crippen LogP contribution in [0.5, 0.6) is 0 Å². The van der Waals surface area contributed by atoms with Crippen LogP contribution in [-0.2, 0) is 20.8 Å². The van der Waals surface area contributed by atoms with Crippen molar-refractivity contribution in [2.24, 2.45) is 0 Å². The smallest absolute Gasteiger partial charge is 0.253 e. The maximum atomic E-state index is 12.4. The van der Waals surface area contributed by atoms with Crippen molar-refractivity contribution in [3.63, 3.8) is 0 Å². The molecule has 1 spiro atoms. The molecule has 8 heteroatoms. The molecular formula is C17H20N4O3S. The number of carbonyl (C=O) groups excluding carboxylic acids is 1. The van der Waals surface area contributed by atoms with Crippen LogP contribution in [0.25, 0.3) is 0 Å². The number of pyridine rings is 1. The average molecular weight is 360 g/mol. The van der Waals surface area contributed by atoms with Crippen molar-refractivity contribution in [1.29, 1.82) is 0 Å². The van der Waals surface area contributed by atoms with Crippen molar-refractivity contribution < 1.29 is 14.3 Å². The maximum absolute atomic E-state index is 12.4. The Labute approximate surface area is 150 Å². The Balaban J connectivity index is 1.53. The molecule has 0 unspecified atom stereocenters. The summed E-state index contributed by atoms with van der Waals surface area (Å²) in [6, 6.07) is 3.73. The van der Waals surface area contributed by atoms with Crippen LogP contribution in [0.3, 0.4) is 0 Å². The minimum absolute atomic E-state index is 0.0469. The van der Waals surface area contributed by atoms with E-state index in [1.807, 2.05) is 23.7 Å². The van der Waals surface area contributed by atoms with E-state index in [-0.39, 0.29) is 12.5 Å². The minimum Gasteiger partial charge on any atom is -0.377 e. The van der Waals surface area contributed by atoms with E-state index in [4.69, 9.17) is 9.47 Å². The molecular weight excluding hydrogens is 340 g/mol. The highest BCUT2D eigenvalue weighted by Crippen LogP contribution is 2.27. The van der Waals surface area contributed by atoms with Gasteiger partial charge < -0.3 is 14.4 Å². The van der Waals surface area contributed by atoms with Gasteiger partial charge in [0.15, 0.2) is 0 Å². The summed E-state index contributed by atoms with van der Waals surface area (Å²) in [6.45, 7) is 3.95. The zero-order valence-electron chi connectivity index (χ0n) is 13.8.